The quantitative estimate of drug-likeness (QED) is 0.407. The van der Waals surface area contributed by atoms with Gasteiger partial charge < -0.3 is 0 Å². The van der Waals surface area contributed by atoms with Crippen molar-refractivity contribution in [2.45, 2.75) is 11.3 Å². The topological polar surface area (TPSA) is 118 Å². The van der Waals surface area contributed by atoms with Crippen molar-refractivity contribution in [2.75, 3.05) is 0 Å². The van der Waals surface area contributed by atoms with E-state index in [1.165, 1.54) is 0 Å². The summed E-state index contributed by atoms with van der Waals surface area (Å²) in [6.07, 6.45) is 0. The monoisotopic (exact) mass is 213 g/mol. The summed E-state index contributed by atoms with van der Waals surface area (Å²) in [5.74, 6) is -2.17. The van der Waals surface area contributed by atoms with Crippen molar-refractivity contribution in [3.05, 3.63) is 0 Å². The maximum absolute atomic E-state index is 10.2. The fourth-order valence-corrected chi connectivity index (χ4v) is 0.618. The molecule has 0 bridgehead atoms. The van der Waals surface area contributed by atoms with Gasteiger partial charge >= 0.3 is 58.4 Å². The first-order valence-electron chi connectivity index (χ1n) is 2.19. The SMILES string of the molecule is CC(O)(C(=O)[O-])[As](=O)(O)O. The Labute approximate surface area is 59.1 Å². The molecule has 0 rings (SSSR count). The molecule has 7 heteroatoms. The van der Waals surface area contributed by atoms with E-state index in [2.05, 4.69) is 0 Å². The van der Waals surface area contributed by atoms with Crippen molar-refractivity contribution in [2.24, 2.45) is 0 Å². The van der Waals surface area contributed by atoms with Gasteiger partial charge in [0.2, 0.25) is 0 Å². The molecule has 0 saturated carbocycles. The summed E-state index contributed by atoms with van der Waals surface area (Å²) in [4.78, 5) is 9.83. The molecule has 0 aromatic heterocycles. The van der Waals surface area contributed by atoms with Gasteiger partial charge in [-0.2, -0.15) is 0 Å². The Kier molecular flexibility index (Phi) is 2.32. The normalized spacial score (nSPS) is 18.0. The second-order valence-corrected chi connectivity index (χ2v) is 5.96. The number of rotatable bonds is 2. The van der Waals surface area contributed by atoms with Crippen molar-refractivity contribution in [3.63, 3.8) is 0 Å². The molecule has 0 spiro atoms. The van der Waals surface area contributed by atoms with E-state index in [1.807, 2.05) is 0 Å². The minimum absolute atomic E-state index is 0.502. The van der Waals surface area contributed by atoms with E-state index in [0.717, 1.165) is 0 Å². The van der Waals surface area contributed by atoms with Crippen LogP contribution in [0.5, 0.6) is 0 Å². The molecule has 1 unspecified atom stereocenters. The van der Waals surface area contributed by atoms with Gasteiger partial charge in [0, 0.05) is 0 Å². The summed E-state index contributed by atoms with van der Waals surface area (Å²) in [7, 11) is 0. The third-order valence-corrected chi connectivity index (χ3v) is 3.72. The van der Waals surface area contributed by atoms with Crippen LogP contribution in [0.15, 0.2) is 0 Å². The van der Waals surface area contributed by atoms with Crippen LogP contribution in [0.2, 0.25) is 0 Å². The maximum atomic E-state index is 10.2. The summed E-state index contributed by atoms with van der Waals surface area (Å²) in [6.45, 7) is 0.502. The molecule has 0 amide bonds. The third-order valence-electron chi connectivity index (χ3n) is 0.954. The molecule has 0 heterocycles. The van der Waals surface area contributed by atoms with Crippen LogP contribution < -0.4 is 5.11 Å². The van der Waals surface area contributed by atoms with Gasteiger partial charge in [0.1, 0.15) is 0 Å². The number of carboxylic acids is 1. The van der Waals surface area contributed by atoms with Crippen LogP contribution in [0.1, 0.15) is 6.92 Å². The second kappa shape index (κ2) is 2.39. The molecule has 0 aliphatic heterocycles. The van der Waals surface area contributed by atoms with Crippen molar-refractivity contribution >= 4 is 20.1 Å². The Morgan fingerprint density at radius 2 is 1.90 bits per heavy atom. The molecule has 3 N–H and O–H groups in total. The Morgan fingerprint density at radius 1 is 1.60 bits per heavy atom. The first-order chi connectivity index (χ1) is 4.19. The Bertz CT molecular complexity index is 189. The van der Waals surface area contributed by atoms with E-state index in [-0.39, 0.29) is 0 Å². The molecule has 0 aliphatic carbocycles. The van der Waals surface area contributed by atoms with E-state index in [9.17, 15) is 13.6 Å². The zero-order chi connectivity index (χ0) is 8.58. The van der Waals surface area contributed by atoms with E-state index in [1.54, 1.807) is 0 Å². The molecular weight excluding hydrogens is 207 g/mol. The van der Waals surface area contributed by atoms with Crippen LogP contribution in [0.3, 0.4) is 0 Å². The molecule has 0 saturated heterocycles. The Morgan fingerprint density at radius 3 is 1.90 bits per heavy atom. The van der Waals surface area contributed by atoms with Crippen molar-refractivity contribution < 1.29 is 26.9 Å². The van der Waals surface area contributed by atoms with Crippen molar-refractivity contribution in [1.29, 1.82) is 0 Å². The molecule has 60 valence electrons. The molecule has 0 radical (unpaired) electrons. The Hall–Kier alpha value is -0.292. The van der Waals surface area contributed by atoms with E-state index < -0.39 is 24.5 Å². The zero-order valence-corrected chi connectivity index (χ0v) is 6.89. The number of hydrogen-bond acceptors (Lipinski definition) is 4. The van der Waals surface area contributed by atoms with Crippen LogP contribution in [-0.2, 0) is 8.53 Å². The van der Waals surface area contributed by atoms with Crippen LogP contribution in [0.25, 0.3) is 0 Å². The number of carboxylic acid groups (broad SMARTS) is 1. The first kappa shape index (κ1) is 9.71. The van der Waals surface area contributed by atoms with Crippen molar-refractivity contribution in [3.8, 4) is 0 Å². The van der Waals surface area contributed by atoms with Crippen LogP contribution >= 0.6 is 0 Å². The van der Waals surface area contributed by atoms with Gasteiger partial charge in [0.15, 0.2) is 0 Å². The second-order valence-electron chi connectivity index (χ2n) is 1.85. The predicted octanol–water partition coefficient (Wildman–Crippen LogP) is -3.62. The summed E-state index contributed by atoms with van der Waals surface area (Å²) in [5.41, 5.74) is 0. The van der Waals surface area contributed by atoms with E-state index >= 15 is 0 Å². The van der Waals surface area contributed by atoms with E-state index in [0.29, 0.717) is 6.92 Å². The summed E-state index contributed by atoms with van der Waals surface area (Å²) in [6, 6.07) is 0. The average Bonchev–Trinajstić information content (AvgIpc) is 1.62. The Balaban J connectivity index is 4.75. The number of hydrogen-bond donors (Lipinski definition) is 3. The van der Waals surface area contributed by atoms with Gasteiger partial charge in [-0.15, -0.1) is 0 Å². The van der Waals surface area contributed by atoms with Gasteiger partial charge in [-0.1, -0.05) is 0 Å². The molecule has 0 aliphatic rings. The molecule has 0 aromatic carbocycles. The van der Waals surface area contributed by atoms with Gasteiger partial charge in [0.25, 0.3) is 0 Å². The fraction of sp³-hybridized carbons (Fsp3) is 0.667. The molecule has 6 nitrogen and oxygen atoms in total. The van der Waals surface area contributed by atoms with Gasteiger partial charge in [-0.25, -0.2) is 0 Å². The molecule has 0 aromatic rings. The third kappa shape index (κ3) is 1.60. The van der Waals surface area contributed by atoms with Gasteiger partial charge in [0.05, 0.1) is 0 Å². The average molecular weight is 213 g/mol. The first-order valence-corrected chi connectivity index (χ1v) is 5.57. The van der Waals surface area contributed by atoms with Crippen LogP contribution in [-0.4, -0.2) is 37.8 Å². The minimum atomic E-state index is -5.63. The molecule has 0 fully saturated rings. The fourth-order valence-electron chi connectivity index (χ4n) is 0.119. The van der Waals surface area contributed by atoms with Crippen LogP contribution in [0, 0.1) is 0 Å². The summed E-state index contributed by atoms with van der Waals surface area (Å²) >= 11 is -5.63. The standard InChI is InChI=1S/C3H7AsO6/c1-3(7,2(5)6)4(8,9)10/h7H,1H3,(H,5,6)(H2,8,9,10)/p-1. The van der Waals surface area contributed by atoms with Crippen molar-refractivity contribution in [1.82, 2.24) is 0 Å². The molecule has 10 heavy (non-hydrogen) atoms. The number of aliphatic carboxylic acids is 1. The number of carbonyl (C=O) groups is 1. The van der Waals surface area contributed by atoms with Crippen LogP contribution in [0.4, 0.5) is 0 Å². The van der Waals surface area contributed by atoms with Gasteiger partial charge in [-0.3, -0.25) is 0 Å². The number of carbonyl (C=O) groups excluding carboxylic acids is 1. The zero-order valence-electron chi connectivity index (χ0n) is 5.01. The predicted molar refractivity (Wildman–Crippen MR) is 26.5 cm³/mol. The summed E-state index contributed by atoms with van der Waals surface area (Å²) in [5, 5.41) is 18.4. The molecule has 1 atom stereocenters. The van der Waals surface area contributed by atoms with E-state index in [4.69, 9.17) is 13.3 Å². The summed E-state index contributed by atoms with van der Waals surface area (Å²) < 4.78 is 23.6. The number of aliphatic hydroxyl groups is 1. The van der Waals surface area contributed by atoms with Gasteiger partial charge in [-0.05, 0) is 0 Å². The molecular formula is C3H6AsO6-.